The second-order valence-electron chi connectivity index (χ2n) is 6.63. The van der Waals surface area contributed by atoms with Crippen LogP contribution in [0.5, 0.6) is 0 Å². The Morgan fingerprint density at radius 3 is 2.65 bits per heavy atom. The molecule has 2 amide bonds. The summed E-state index contributed by atoms with van der Waals surface area (Å²) in [7, 11) is 0. The Labute approximate surface area is 152 Å². The molecule has 1 aromatic heterocycles. The fourth-order valence-electron chi connectivity index (χ4n) is 3.25. The first-order valence-corrected chi connectivity index (χ1v) is 8.53. The van der Waals surface area contributed by atoms with Crippen molar-refractivity contribution in [1.82, 2.24) is 9.99 Å². The molecule has 1 saturated heterocycles. The molecule has 1 aromatic carbocycles. The average molecular weight is 354 g/mol. The molecule has 1 fully saturated rings. The van der Waals surface area contributed by atoms with Crippen molar-refractivity contribution in [3.8, 4) is 11.1 Å². The minimum absolute atomic E-state index is 0.348. The number of pyridine rings is 1. The number of carboxylic acid groups (broad SMARTS) is 1. The van der Waals surface area contributed by atoms with Crippen LogP contribution in [0.15, 0.2) is 42.6 Å². The Balaban J connectivity index is 1.83. The van der Waals surface area contributed by atoms with Gasteiger partial charge in [0.05, 0.1) is 0 Å². The Morgan fingerprint density at radius 1 is 1.31 bits per heavy atom. The van der Waals surface area contributed by atoms with Crippen LogP contribution in [0.3, 0.4) is 0 Å². The molecule has 1 aliphatic heterocycles. The summed E-state index contributed by atoms with van der Waals surface area (Å²) in [5.74, 6) is 6.00. The number of anilines is 1. The van der Waals surface area contributed by atoms with Gasteiger partial charge in [-0.3, -0.25) is 9.69 Å². The van der Waals surface area contributed by atoms with E-state index in [-0.39, 0.29) is 5.91 Å². The zero-order chi connectivity index (χ0) is 18.8. The van der Waals surface area contributed by atoms with Crippen LogP contribution in [0, 0.1) is 0 Å². The molecule has 3 rings (SSSR count). The second kappa shape index (κ2) is 7.13. The number of rotatable bonds is 4. The zero-order valence-electron chi connectivity index (χ0n) is 14.8. The Morgan fingerprint density at radius 2 is 2.04 bits per heavy atom. The highest BCUT2D eigenvalue weighted by Crippen LogP contribution is 2.30. The van der Waals surface area contributed by atoms with Gasteiger partial charge in [-0.15, -0.1) is 0 Å². The minimum Gasteiger partial charge on any atom is -0.464 e. The quantitative estimate of drug-likeness (QED) is 0.500. The van der Waals surface area contributed by atoms with Gasteiger partial charge in [0.1, 0.15) is 11.9 Å². The first-order valence-electron chi connectivity index (χ1n) is 8.53. The lowest BCUT2D eigenvalue weighted by Gasteiger charge is -2.20. The summed E-state index contributed by atoms with van der Waals surface area (Å²) in [5, 5.41) is 9.53. The lowest BCUT2D eigenvalue weighted by Crippen LogP contribution is -2.49. The Bertz CT molecular complexity index is 820. The summed E-state index contributed by atoms with van der Waals surface area (Å²) in [4.78, 5) is 29.3. The van der Waals surface area contributed by atoms with Gasteiger partial charge in [0.2, 0.25) is 0 Å². The standard InChI is InChI=1S/C19H22N4O3/c1-12(2)14-5-3-4-6-15(14)13-7-8-17(21-11-13)22-10-9-16(18(22)24)23(20)19(25)26/h3-8,11-12,16H,9-10,20H2,1-2H3,(H,25,26)/t16-/m0/s1. The average Bonchev–Trinajstić information content (AvgIpc) is 3.02. The van der Waals surface area contributed by atoms with Gasteiger partial charge < -0.3 is 5.11 Å². The summed E-state index contributed by atoms with van der Waals surface area (Å²) in [6.07, 6.45) is 0.773. The van der Waals surface area contributed by atoms with E-state index in [9.17, 15) is 9.59 Å². The molecule has 0 radical (unpaired) electrons. The van der Waals surface area contributed by atoms with E-state index in [0.29, 0.717) is 29.7 Å². The van der Waals surface area contributed by atoms with Crippen LogP contribution < -0.4 is 10.7 Å². The van der Waals surface area contributed by atoms with Gasteiger partial charge in [0, 0.05) is 18.3 Å². The van der Waals surface area contributed by atoms with Crippen LogP contribution in [-0.2, 0) is 4.79 Å². The highest BCUT2D eigenvalue weighted by atomic mass is 16.4. The van der Waals surface area contributed by atoms with E-state index in [1.165, 1.54) is 10.5 Å². The lowest BCUT2D eigenvalue weighted by molar-refractivity contribution is -0.121. The van der Waals surface area contributed by atoms with Crippen molar-refractivity contribution in [3.63, 3.8) is 0 Å². The Hall–Kier alpha value is -2.93. The molecule has 0 bridgehead atoms. The van der Waals surface area contributed by atoms with Crippen molar-refractivity contribution >= 4 is 17.8 Å². The highest BCUT2D eigenvalue weighted by Gasteiger charge is 2.38. The van der Waals surface area contributed by atoms with E-state index in [4.69, 9.17) is 10.9 Å². The van der Waals surface area contributed by atoms with Crippen molar-refractivity contribution in [2.45, 2.75) is 32.2 Å². The van der Waals surface area contributed by atoms with Crippen molar-refractivity contribution < 1.29 is 14.7 Å². The maximum atomic E-state index is 12.5. The molecule has 2 aromatic rings. The molecule has 1 atom stereocenters. The van der Waals surface area contributed by atoms with E-state index in [1.54, 1.807) is 12.3 Å². The normalized spacial score (nSPS) is 17.0. The van der Waals surface area contributed by atoms with Gasteiger partial charge in [0.25, 0.3) is 5.91 Å². The summed E-state index contributed by atoms with van der Waals surface area (Å²) < 4.78 is 0. The summed E-state index contributed by atoms with van der Waals surface area (Å²) in [6, 6.07) is 11.0. The van der Waals surface area contributed by atoms with Crippen LogP contribution in [0.4, 0.5) is 10.6 Å². The number of benzene rings is 1. The molecular formula is C19H22N4O3. The third-order valence-electron chi connectivity index (χ3n) is 4.65. The minimum atomic E-state index is -1.32. The van der Waals surface area contributed by atoms with Gasteiger partial charge in [-0.2, -0.15) is 0 Å². The maximum absolute atomic E-state index is 12.5. The Kier molecular flexibility index (Phi) is 4.90. The first-order chi connectivity index (χ1) is 12.4. The third kappa shape index (κ3) is 3.25. The summed E-state index contributed by atoms with van der Waals surface area (Å²) in [5.41, 5.74) is 3.33. The topological polar surface area (TPSA) is 99.8 Å². The zero-order valence-corrected chi connectivity index (χ0v) is 14.8. The molecule has 0 unspecified atom stereocenters. The molecule has 0 spiro atoms. The predicted molar refractivity (Wildman–Crippen MR) is 98.6 cm³/mol. The number of amides is 2. The highest BCUT2D eigenvalue weighted by molar-refractivity contribution is 6.00. The van der Waals surface area contributed by atoms with Crippen LogP contribution in [0.1, 0.15) is 31.7 Å². The number of carbonyl (C=O) groups excluding carboxylic acids is 1. The summed E-state index contributed by atoms with van der Waals surface area (Å²) >= 11 is 0. The van der Waals surface area contributed by atoms with Crippen LogP contribution >= 0.6 is 0 Å². The van der Waals surface area contributed by atoms with E-state index < -0.39 is 12.1 Å². The van der Waals surface area contributed by atoms with Gasteiger partial charge >= 0.3 is 6.09 Å². The van der Waals surface area contributed by atoms with E-state index in [0.717, 1.165) is 11.1 Å². The van der Waals surface area contributed by atoms with Crippen molar-refractivity contribution in [2.24, 2.45) is 5.84 Å². The lowest BCUT2D eigenvalue weighted by atomic mass is 9.93. The van der Waals surface area contributed by atoms with Crippen molar-refractivity contribution in [2.75, 3.05) is 11.4 Å². The molecule has 1 aliphatic rings. The number of aromatic nitrogens is 1. The SMILES string of the molecule is CC(C)c1ccccc1-c1ccc(N2CC[C@H](N(N)C(=O)O)C2=O)nc1. The smallest absolute Gasteiger partial charge is 0.422 e. The monoisotopic (exact) mass is 354 g/mol. The third-order valence-corrected chi connectivity index (χ3v) is 4.65. The maximum Gasteiger partial charge on any atom is 0.422 e. The molecule has 26 heavy (non-hydrogen) atoms. The van der Waals surface area contributed by atoms with E-state index >= 15 is 0 Å². The van der Waals surface area contributed by atoms with Crippen molar-refractivity contribution in [3.05, 3.63) is 48.2 Å². The second-order valence-corrected chi connectivity index (χ2v) is 6.63. The van der Waals surface area contributed by atoms with Crippen LogP contribution in [0.2, 0.25) is 0 Å². The van der Waals surface area contributed by atoms with Crippen molar-refractivity contribution in [1.29, 1.82) is 0 Å². The first kappa shape index (κ1) is 17.9. The molecule has 2 heterocycles. The van der Waals surface area contributed by atoms with Gasteiger partial charge in [-0.1, -0.05) is 38.1 Å². The van der Waals surface area contributed by atoms with Gasteiger partial charge in [-0.25, -0.2) is 20.6 Å². The summed E-state index contributed by atoms with van der Waals surface area (Å²) in [6.45, 7) is 4.68. The number of hydrogen-bond acceptors (Lipinski definition) is 4. The van der Waals surface area contributed by atoms with E-state index in [1.807, 2.05) is 18.2 Å². The van der Waals surface area contributed by atoms with Gasteiger partial charge in [0.15, 0.2) is 0 Å². The molecule has 0 aliphatic carbocycles. The van der Waals surface area contributed by atoms with Crippen LogP contribution in [-0.4, -0.2) is 39.7 Å². The number of hydrogen-bond donors (Lipinski definition) is 2. The molecule has 136 valence electrons. The predicted octanol–water partition coefficient (Wildman–Crippen LogP) is 2.83. The molecular weight excluding hydrogens is 332 g/mol. The molecule has 0 saturated carbocycles. The molecule has 7 nitrogen and oxygen atoms in total. The number of nitrogens with zero attached hydrogens (tertiary/aromatic N) is 3. The fraction of sp³-hybridized carbons (Fsp3) is 0.316. The largest absolute Gasteiger partial charge is 0.464 e. The number of hydrazine groups is 1. The molecule has 7 heteroatoms. The van der Waals surface area contributed by atoms with Crippen LogP contribution in [0.25, 0.3) is 11.1 Å². The van der Waals surface area contributed by atoms with Gasteiger partial charge in [-0.05, 0) is 35.6 Å². The number of nitrogens with two attached hydrogens (primary N) is 1. The van der Waals surface area contributed by atoms with E-state index in [2.05, 4.69) is 31.0 Å². The molecule has 3 N–H and O–H groups in total. The fourth-order valence-corrected chi connectivity index (χ4v) is 3.25. The number of carbonyl (C=O) groups is 2.